The first-order valence-corrected chi connectivity index (χ1v) is 10.5. The number of piperidine rings is 1. The number of amides is 1. The van der Waals surface area contributed by atoms with Crippen LogP contribution in [0.4, 0.5) is 5.82 Å². The Morgan fingerprint density at radius 2 is 2.00 bits per heavy atom. The van der Waals surface area contributed by atoms with Crippen molar-refractivity contribution in [1.82, 2.24) is 9.29 Å². The Bertz CT molecular complexity index is 915. The van der Waals surface area contributed by atoms with Crippen LogP contribution in [0.15, 0.2) is 29.5 Å². The van der Waals surface area contributed by atoms with Crippen LogP contribution in [-0.4, -0.2) is 54.0 Å². The minimum atomic E-state index is -3.32. The van der Waals surface area contributed by atoms with Gasteiger partial charge in [0.05, 0.1) is 11.3 Å². The normalized spacial score (nSPS) is 20.0. The molecule has 1 amide bonds. The summed E-state index contributed by atoms with van der Waals surface area (Å²) in [5.41, 5.74) is 0.236. The summed E-state index contributed by atoms with van der Waals surface area (Å²) in [4.78, 5) is 29.3. The van der Waals surface area contributed by atoms with Crippen LogP contribution in [0.25, 0.3) is 0 Å². The van der Waals surface area contributed by atoms with E-state index in [0.29, 0.717) is 5.82 Å². The van der Waals surface area contributed by atoms with Crippen LogP contribution in [0, 0.1) is 6.92 Å². The van der Waals surface area contributed by atoms with E-state index < -0.39 is 27.5 Å². The van der Waals surface area contributed by atoms with Crippen molar-refractivity contribution in [3.8, 4) is 0 Å². The maximum Gasteiger partial charge on any atom is 0.335 e. The van der Waals surface area contributed by atoms with Crippen LogP contribution in [0.1, 0.15) is 32.3 Å². The van der Waals surface area contributed by atoms with Crippen molar-refractivity contribution < 1.29 is 22.7 Å². The molecule has 8 nitrogen and oxygen atoms in total. The number of carbonyl (C=O) groups is 2. The van der Waals surface area contributed by atoms with E-state index in [1.165, 1.54) is 4.31 Å². The van der Waals surface area contributed by atoms with E-state index in [9.17, 15) is 18.0 Å². The Morgan fingerprint density at radius 3 is 2.59 bits per heavy atom. The third-order valence-electron chi connectivity index (χ3n) is 5.18. The zero-order valence-electron chi connectivity index (χ0n) is 15.6. The topological polar surface area (TPSA) is 106 Å². The summed E-state index contributed by atoms with van der Waals surface area (Å²) in [6.45, 7) is 5.39. The lowest BCUT2D eigenvalue weighted by Crippen LogP contribution is -2.49. The van der Waals surface area contributed by atoms with Gasteiger partial charge in [-0.3, -0.25) is 4.79 Å². The predicted molar refractivity (Wildman–Crippen MR) is 99.4 cm³/mol. The molecule has 2 aliphatic rings. The number of aromatic nitrogens is 1. The van der Waals surface area contributed by atoms with E-state index in [4.69, 9.17) is 4.74 Å². The first kappa shape index (κ1) is 19.5. The highest BCUT2D eigenvalue weighted by Gasteiger charge is 2.51. The second-order valence-corrected chi connectivity index (χ2v) is 9.06. The van der Waals surface area contributed by atoms with Gasteiger partial charge in [-0.05, 0) is 32.4 Å². The Kier molecular flexibility index (Phi) is 5.09. The van der Waals surface area contributed by atoms with E-state index in [-0.39, 0.29) is 42.8 Å². The largest absolute Gasteiger partial charge is 0.450 e. The van der Waals surface area contributed by atoms with Gasteiger partial charge in [-0.15, -0.1) is 0 Å². The number of rotatable bonds is 4. The van der Waals surface area contributed by atoms with E-state index in [0.717, 1.165) is 5.56 Å². The minimum absolute atomic E-state index is 0.0148. The molecule has 0 saturated carbocycles. The van der Waals surface area contributed by atoms with Crippen LogP contribution in [0.3, 0.4) is 0 Å². The summed E-state index contributed by atoms with van der Waals surface area (Å²) in [5.74, 6) is -0.541. The molecule has 1 fully saturated rings. The summed E-state index contributed by atoms with van der Waals surface area (Å²) in [5, 5.41) is 2.76. The molecule has 27 heavy (non-hydrogen) atoms. The number of pyridine rings is 1. The average Bonchev–Trinajstić information content (AvgIpc) is 2.87. The zero-order valence-corrected chi connectivity index (χ0v) is 16.4. The number of carbonyl (C=O) groups excluding carboxylic acids is 2. The summed E-state index contributed by atoms with van der Waals surface area (Å²) in [6.07, 6.45) is 2.07. The van der Waals surface area contributed by atoms with Gasteiger partial charge in [-0.1, -0.05) is 6.07 Å². The Morgan fingerprint density at radius 1 is 1.33 bits per heavy atom. The number of nitrogens with zero attached hydrogens (tertiary/aromatic N) is 2. The van der Waals surface area contributed by atoms with Gasteiger partial charge in [-0.25, -0.2) is 22.5 Å². The molecular formula is C18H23N3O5S. The lowest BCUT2D eigenvalue weighted by atomic mass is 9.83. The van der Waals surface area contributed by atoms with Gasteiger partial charge in [0.25, 0.3) is 5.91 Å². The summed E-state index contributed by atoms with van der Waals surface area (Å²) in [6, 6.07) is 3.59. The van der Waals surface area contributed by atoms with Crippen molar-refractivity contribution >= 4 is 27.7 Å². The molecule has 0 aromatic carbocycles. The molecule has 0 bridgehead atoms. The third-order valence-corrected chi connectivity index (χ3v) is 7.06. The Balaban J connectivity index is 1.86. The maximum atomic E-state index is 13.0. The molecule has 3 rings (SSSR count). The highest BCUT2D eigenvalue weighted by atomic mass is 32.2. The van der Waals surface area contributed by atoms with Crippen LogP contribution in [0.2, 0.25) is 0 Å². The molecule has 1 spiro atoms. The zero-order chi connectivity index (χ0) is 19.8. The van der Waals surface area contributed by atoms with Crippen LogP contribution in [-0.2, 0) is 24.3 Å². The number of sulfonamides is 1. The third kappa shape index (κ3) is 3.49. The number of esters is 1. The van der Waals surface area contributed by atoms with Gasteiger partial charge in [0.1, 0.15) is 11.4 Å². The van der Waals surface area contributed by atoms with Gasteiger partial charge >= 0.3 is 5.97 Å². The number of anilines is 1. The molecular weight excluding hydrogens is 370 g/mol. The summed E-state index contributed by atoms with van der Waals surface area (Å²) < 4.78 is 31.2. The number of hydrogen-bond acceptors (Lipinski definition) is 6. The maximum absolute atomic E-state index is 13.0. The first-order valence-electron chi connectivity index (χ1n) is 8.85. The van der Waals surface area contributed by atoms with E-state index in [1.54, 1.807) is 26.1 Å². The standard InChI is InChI=1S/C18H23N3O5S/c1-4-27(24,25)21-10-7-18(8-11-21)14(13(3)17(23)26-18)16(22)20-15-12(2)6-5-9-19-15/h5-6,9H,4,7-8,10-11H2,1-3H3,(H,19,20,22). The Hall–Kier alpha value is -2.26. The molecule has 146 valence electrons. The SMILES string of the molecule is CCS(=O)(=O)N1CCC2(CC1)OC(=O)C(C)=C2C(=O)Nc1ncccc1C. The van der Waals surface area contributed by atoms with Crippen molar-refractivity contribution in [2.45, 2.75) is 39.2 Å². The quantitative estimate of drug-likeness (QED) is 0.775. The van der Waals surface area contributed by atoms with E-state index in [2.05, 4.69) is 10.3 Å². The highest BCUT2D eigenvalue weighted by molar-refractivity contribution is 7.89. The van der Waals surface area contributed by atoms with Crippen LogP contribution in [0.5, 0.6) is 0 Å². The van der Waals surface area contributed by atoms with Crippen LogP contribution < -0.4 is 5.32 Å². The molecule has 0 unspecified atom stereocenters. The molecule has 2 aliphatic heterocycles. The fourth-order valence-electron chi connectivity index (χ4n) is 3.57. The van der Waals surface area contributed by atoms with Crippen molar-refractivity contribution in [2.24, 2.45) is 0 Å². The molecule has 1 N–H and O–H groups in total. The molecule has 3 heterocycles. The molecule has 0 atom stereocenters. The van der Waals surface area contributed by atoms with Gasteiger partial charge in [0.2, 0.25) is 10.0 Å². The van der Waals surface area contributed by atoms with Crippen molar-refractivity contribution in [3.05, 3.63) is 35.0 Å². The molecule has 1 saturated heterocycles. The fourth-order valence-corrected chi connectivity index (χ4v) is 4.68. The predicted octanol–water partition coefficient (Wildman–Crippen LogP) is 1.39. The molecule has 0 radical (unpaired) electrons. The fraction of sp³-hybridized carbons (Fsp3) is 0.500. The smallest absolute Gasteiger partial charge is 0.335 e. The average molecular weight is 393 g/mol. The number of nitrogens with one attached hydrogen (secondary N) is 1. The van der Waals surface area contributed by atoms with Gasteiger partial charge in [-0.2, -0.15) is 0 Å². The van der Waals surface area contributed by atoms with Crippen LogP contribution >= 0.6 is 0 Å². The first-order chi connectivity index (χ1) is 12.7. The van der Waals surface area contributed by atoms with Gasteiger partial charge in [0, 0.05) is 37.7 Å². The second-order valence-electron chi connectivity index (χ2n) is 6.81. The molecule has 9 heteroatoms. The highest BCUT2D eigenvalue weighted by Crippen LogP contribution is 2.42. The molecule has 1 aromatic heterocycles. The van der Waals surface area contributed by atoms with Gasteiger partial charge < -0.3 is 10.1 Å². The number of ether oxygens (including phenoxy) is 1. The number of hydrogen-bond donors (Lipinski definition) is 1. The lowest BCUT2D eigenvalue weighted by molar-refractivity contribution is -0.149. The Labute approximate surface area is 158 Å². The second kappa shape index (κ2) is 7.05. The van der Waals surface area contributed by atoms with Crippen molar-refractivity contribution in [3.63, 3.8) is 0 Å². The van der Waals surface area contributed by atoms with E-state index >= 15 is 0 Å². The number of aryl methyl sites for hydroxylation is 1. The van der Waals surface area contributed by atoms with E-state index in [1.807, 2.05) is 13.0 Å². The molecule has 1 aromatic rings. The lowest BCUT2D eigenvalue weighted by Gasteiger charge is -2.38. The van der Waals surface area contributed by atoms with Crippen molar-refractivity contribution in [2.75, 3.05) is 24.2 Å². The minimum Gasteiger partial charge on any atom is -0.450 e. The monoisotopic (exact) mass is 393 g/mol. The summed E-state index contributed by atoms with van der Waals surface area (Å²) >= 11 is 0. The summed E-state index contributed by atoms with van der Waals surface area (Å²) in [7, 11) is -3.32. The van der Waals surface area contributed by atoms with Crippen molar-refractivity contribution in [1.29, 1.82) is 0 Å². The van der Waals surface area contributed by atoms with Gasteiger partial charge in [0.15, 0.2) is 0 Å². The molecule has 0 aliphatic carbocycles.